The van der Waals surface area contributed by atoms with Crippen molar-refractivity contribution in [2.45, 2.75) is 33.9 Å². The number of carbonyl (C=O) groups is 2. The molecule has 0 saturated carbocycles. The number of pyridine rings is 1. The van der Waals surface area contributed by atoms with Crippen LogP contribution < -0.4 is 10.6 Å². The number of aryl methyl sites for hydroxylation is 4. The minimum atomic E-state index is -4.58. The highest BCUT2D eigenvalue weighted by molar-refractivity contribution is 6.00. The molecule has 144 valence electrons. The molecule has 8 heteroatoms. The second-order valence-corrected chi connectivity index (χ2v) is 6.33. The fourth-order valence-electron chi connectivity index (χ4n) is 2.78. The largest absolute Gasteiger partial charge is 0.433 e. The van der Waals surface area contributed by atoms with Crippen molar-refractivity contribution in [3.8, 4) is 0 Å². The Morgan fingerprint density at radius 3 is 2.15 bits per heavy atom. The number of rotatable bonds is 4. The summed E-state index contributed by atoms with van der Waals surface area (Å²) in [4.78, 5) is 27.7. The molecule has 0 aliphatic heterocycles. The van der Waals surface area contributed by atoms with Gasteiger partial charge < -0.3 is 10.6 Å². The lowest BCUT2D eigenvalue weighted by molar-refractivity contribution is -0.141. The lowest BCUT2D eigenvalue weighted by Gasteiger charge is -2.14. The molecule has 2 amide bonds. The lowest BCUT2D eigenvalue weighted by Crippen LogP contribution is -2.33. The zero-order valence-electron chi connectivity index (χ0n) is 15.4. The van der Waals surface area contributed by atoms with Crippen molar-refractivity contribution in [2.24, 2.45) is 0 Å². The van der Waals surface area contributed by atoms with E-state index in [4.69, 9.17) is 0 Å². The molecule has 27 heavy (non-hydrogen) atoms. The van der Waals surface area contributed by atoms with Crippen LogP contribution in [-0.2, 0) is 11.0 Å². The second-order valence-electron chi connectivity index (χ2n) is 6.33. The standard InChI is InChI=1S/C19H20F3N3O2/c1-10-7-11(2)17(12(3)8-10)25-16(26)9-23-18(27)14-5-6-15(19(20,21)22)24-13(14)4/h5-8H,9H2,1-4H3,(H,23,27)(H,25,26). The van der Waals surface area contributed by atoms with Crippen LogP contribution in [0, 0.1) is 27.7 Å². The fourth-order valence-corrected chi connectivity index (χ4v) is 2.78. The quantitative estimate of drug-likeness (QED) is 0.851. The summed E-state index contributed by atoms with van der Waals surface area (Å²) >= 11 is 0. The van der Waals surface area contributed by atoms with Crippen molar-refractivity contribution in [1.82, 2.24) is 10.3 Å². The Morgan fingerprint density at radius 1 is 1.04 bits per heavy atom. The highest BCUT2D eigenvalue weighted by Crippen LogP contribution is 2.28. The summed E-state index contributed by atoms with van der Waals surface area (Å²) in [6, 6.07) is 5.64. The van der Waals surface area contributed by atoms with Crippen LogP contribution in [0.5, 0.6) is 0 Å². The van der Waals surface area contributed by atoms with E-state index in [0.717, 1.165) is 28.8 Å². The number of nitrogens with zero attached hydrogens (tertiary/aromatic N) is 1. The van der Waals surface area contributed by atoms with E-state index in [1.54, 1.807) is 0 Å². The van der Waals surface area contributed by atoms with E-state index in [2.05, 4.69) is 15.6 Å². The first-order valence-corrected chi connectivity index (χ1v) is 8.19. The zero-order chi connectivity index (χ0) is 20.4. The lowest BCUT2D eigenvalue weighted by atomic mass is 10.1. The van der Waals surface area contributed by atoms with Gasteiger partial charge in [0.15, 0.2) is 0 Å². The molecule has 0 unspecified atom stereocenters. The number of aromatic nitrogens is 1. The summed E-state index contributed by atoms with van der Waals surface area (Å²) in [5.74, 6) is -1.10. The van der Waals surface area contributed by atoms with E-state index >= 15 is 0 Å². The SMILES string of the molecule is Cc1cc(C)c(NC(=O)CNC(=O)c2ccc(C(F)(F)F)nc2C)c(C)c1. The van der Waals surface area contributed by atoms with Gasteiger partial charge in [0, 0.05) is 5.69 Å². The van der Waals surface area contributed by atoms with Crippen LogP contribution >= 0.6 is 0 Å². The molecule has 2 rings (SSSR count). The van der Waals surface area contributed by atoms with E-state index in [-0.39, 0.29) is 17.8 Å². The van der Waals surface area contributed by atoms with Crippen LogP contribution in [0.4, 0.5) is 18.9 Å². The predicted molar refractivity (Wildman–Crippen MR) is 95.6 cm³/mol. The van der Waals surface area contributed by atoms with Crippen LogP contribution in [-0.4, -0.2) is 23.3 Å². The van der Waals surface area contributed by atoms with Crippen molar-refractivity contribution in [3.05, 3.63) is 57.9 Å². The Morgan fingerprint density at radius 2 is 1.63 bits per heavy atom. The molecular formula is C19H20F3N3O2. The maximum atomic E-state index is 12.6. The molecule has 2 aromatic rings. The average molecular weight is 379 g/mol. The third kappa shape index (κ3) is 5.06. The Labute approximate surface area is 155 Å². The summed E-state index contributed by atoms with van der Waals surface area (Å²) in [6.45, 7) is 6.68. The highest BCUT2D eigenvalue weighted by Gasteiger charge is 2.33. The maximum absolute atomic E-state index is 12.6. The van der Waals surface area contributed by atoms with E-state index < -0.39 is 23.7 Å². The number of anilines is 1. The average Bonchev–Trinajstić information content (AvgIpc) is 2.55. The van der Waals surface area contributed by atoms with Crippen molar-refractivity contribution >= 4 is 17.5 Å². The normalized spacial score (nSPS) is 11.2. The van der Waals surface area contributed by atoms with Crippen molar-refractivity contribution in [1.29, 1.82) is 0 Å². The Kier molecular flexibility index (Phi) is 5.88. The zero-order valence-corrected chi connectivity index (χ0v) is 15.4. The van der Waals surface area contributed by atoms with Gasteiger partial charge in [0.05, 0.1) is 17.8 Å². The van der Waals surface area contributed by atoms with Gasteiger partial charge in [0.25, 0.3) is 5.91 Å². The van der Waals surface area contributed by atoms with Crippen LogP contribution in [0.3, 0.4) is 0 Å². The fraction of sp³-hybridized carbons (Fsp3) is 0.316. The van der Waals surface area contributed by atoms with E-state index in [1.807, 2.05) is 32.9 Å². The van der Waals surface area contributed by atoms with Crippen LogP contribution in [0.25, 0.3) is 0 Å². The predicted octanol–water partition coefficient (Wildman–Crippen LogP) is 3.70. The van der Waals surface area contributed by atoms with Crippen LogP contribution in [0.15, 0.2) is 24.3 Å². The monoisotopic (exact) mass is 379 g/mol. The topological polar surface area (TPSA) is 71.1 Å². The van der Waals surface area contributed by atoms with Crippen LogP contribution in [0.2, 0.25) is 0 Å². The number of halogens is 3. The Bertz CT molecular complexity index is 869. The highest BCUT2D eigenvalue weighted by atomic mass is 19.4. The number of nitrogens with one attached hydrogen (secondary N) is 2. The summed E-state index contributed by atoms with van der Waals surface area (Å²) in [5.41, 5.74) is 2.39. The molecule has 0 aliphatic carbocycles. The van der Waals surface area contributed by atoms with E-state index in [9.17, 15) is 22.8 Å². The molecular weight excluding hydrogens is 359 g/mol. The van der Waals surface area contributed by atoms with Gasteiger partial charge in [0.1, 0.15) is 5.69 Å². The molecule has 5 nitrogen and oxygen atoms in total. The van der Waals surface area contributed by atoms with E-state index in [0.29, 0.717) is 5.69 Å². The Balaban J connectivity index is 2.03. The van der Waals surface area contributed by atoms with Crippen molar-refractivity contribution in [3.63, 3.8) is 0 Å². The third-order valence-corrected chi connectivity index (χ3v) is 3.97. The first kappa shape index (κ1) is 20.4. The molecule has 0 atom stereocenters. The molecule has 1 heterocycles. The summed E-state index contributed by atoms with van der Waals surface area (Å²) in [6.07, 6.45) is -4.58. The van der Waals surface area contributed by atoms with Gasteiger partial charge in [-0.1, -0.05) is 17.7 Å². The third-order valence-electron chi connectivity index (χ3n) is 3.97. The molecule has 0 fully saturated rings. The maximum Gasteiger partial charge on any atom is 0.433 e. The molecule has 0 saturated heterocycles. The smallest absolute Gasteiger partial charge is 0.343 e. The van der Waals surface area contributed by atoms with Gasteiger partial charge in [-0.25, -0.2) is 4.98 Å². The minimum absolute atomic E-state index is 0.0153. The second kappa shape index (κ2) is 7.77. The molecule has 2 N–H and O–H groups in total. The van der Waals surface area contributed by atoms with E-state index in [1.165, 1.54) is 6.92 Å². The summed E-state index contributed by atoms with van der Waals surface area (Å²) in [5, 5.41) is 5.13. The molecule has 0 bridgehead atoms. The number of amides is 2. The molecule has 0 aliphatic rings. The Hall–Kier alpha value is -2.90. The molecule has 1 aromatic heterocycles. The van der Waals surface area contributed by atoms with Gasteiger partial charge in [0.2, 0.25) is 5.91 Å². The number of benzene rings is 1. The molecule has 1 aromatic carbocycles. The van der Waals surface area contributed by atoms with Crippen molar-refractivity contribution in [2.75, 3.05) is 11.9 Å². The first-order valence-electron chi connectivity index (χ1n) is 8.19. The molecule has 0 radical (unpaired) electrons. The van der Waals surface area contributed by atoms with Gasteiger partial charge in [-0.05, 0) is 51.0 Å². The number of hydrogen-bond acceptors (Lipinski definition) is 3. The number of alkyl halides is 3. The van der Waals surface area contributed by atoms with Gasteiger partial charge in [-0.15, -0.1) is 0 Å². The molecule has 0 spiro atoms. The van der Waals surface area contributed by atoms with Gasteiger partial charge >= 0.3 is 6.18 Å². The van der Waals surface area contributed by atoms with Gasteiger partial charge in [-0.3, -0.25) is 9.59 Å². The minimum Gasteiger partial charge on any atom is -0.343 e. The number of hydrogen-bond donors (Lipinski definition) is 2. The first-order chi connectivity index (χ1) is 12.5. The summed E-state index contributed by atoms with van der Waals surface area (Å²) in [7, 11) is 0. The van der Waals surface area contributed by atoms with Gasteiger partial charge in [-0.2, -0.15) is 13.2 Å². The summed E-state index contributed by atoms with van der Waals surface area (Å²) < 4.78 is 37.9. The van der Waals surface area contributed by atoms with Crippen molar-refractivity contribution < 1.29 is 22.8 Å². The number of carbonyl (C=O) groups excluding carboxylic acids is 2. The van der Waals surface area contributed by atoms with Crippen LogP contribution in [0.1, 0.15) is 38.4 Å².